The van der Waals surface area contributed by atoms with Crippen LogP contribution in [0, 0.1) is 18.6 Å². The van der Waals surface area contributed by atoms with E-state index in [-0.39, 0.29) is 6.61 Å². The maximum atomic E-state index is 13.5. The Kier molecular flexibility index (Phi) is 7.83. The Morgan fingerprint density at radius 2 is 1.95 bits per heavy atom. The minimum Gasteiger partial charge on any atom is -0.377 e. The third-order valence-corrected chi connectivity index (χ3v) is 4.27. The first-order valence-corrected chi connectivity index (χ1v) is 7.96. The smallest absolute Gasteiger partial charge is 0.164 e. The number of benzene rings is 1. The van der Waals surface area contributed by atoms with Crippen molar-refractivity contribution in [2.75, 3.05) is 6.61 Å². The molecule has 0 fully saturated rings. The van der Waals surface area contributed by atoms with Crippen LogP contribution in [-0.2, 0) is 11.3 Å². The van der Waals surface area contributed by atoms with E-state index in [1.54, 1.807) is 19.1 Å². The molecule has 0 bridgehead atoms. The second-order valence-corrected chi connectivity index (χ2v) is 6.51. The molecule has 1 nitrogen and oxygen atoms in total. The molecule has 1 aromatic carbocycles. The van der Waals surface area contributed by atoms with Crippen LogP contribution in [0.3, 0.4) is 0 Å². The van der Waals surface area contributed by atoms with Crippen LogP contribution in [-0.4, -0.2) is 10.5 Å². The molecular formula is C15H21F2IO. The summed E-state index contributed by atoms with van der Waals surface area (Å²) in [6.07, 6.45) is 4.49. The molecule has 0 saturated carbocycles. The molecule has 0 radical (unpaired) electrons. The standard InChI is InChI=1S/C15H21F2IO/c1-3-5-13(18)6-4-9-19-10-12-8-7-11(2)14(16)15(12)17/h7-8,13H,3-6,9-10H2,1-2H3. The second kappa shape index (κ2) is 8.84. The third-order valence-electron chi connectivity index (χ3n) is 3.02. The highest BCUT2D eigenvalue weighted by molar-refractivity contribution is 14.1. The Morgan fingerprint density at radius 1 is 1.21 bits per heavy atom. The first-order valence-electron chi connectivity index (χ1n) is 6.71. The summed E-state index contributed by atoms with van der Waals surface area (Å²) >= 11 is 2.45. The van der Waals surface area contributed by atoms with E-state index in [1.165, 1.54) is 12.8 Å². The van der Waals surface area contributed by atoms with Crippen LogP contribution in [0.1, 0.15) is 43.7 Å². The van der Waals surface area contributed by atoms with E-state index in [2.05, 4.69) is 29.5 Å². The van der Waals surface area contributed by atoms with Gasteiger partial charge >= 0.3 is 0 Å². The zero-order valence-electron chi connectivity index (χ0n) is 11.5. The van der Waals surface area contributed by atoms with Crippen molar-refractivity contribution >= 4 is 22.6 Å². The van der Waals surface area contributed by atoms with Crippen molar-refractivity contribution in [2.24, 2.45) is 0 Å². The Morgan fingerprint density at radius 3 is 2.63 bits per heavy atom. The van der Waals surface area contributed by atoms with E-state index < -0.39 is 11.6 Å². The summed E-state index contributed by atoms with van der Waals surface area (Å²) in [6, 6.07) is 3.17. The summed E-state index contributed by atoms with van der Waals surface area (Å²) in [5, 5.41) is 0. The van der Waals surface area contributed by atoms with Gasteiger partial charge in [0.2, 0.25) is 0 Å². The van der Waals surface area contributed by atoms with E-state index in [0.717, 1.165) is 12.8 Å². The average molecular weight is 382 g/mol. The Labute approximate surface area is 127 Å². The molecule has 1 rings (SSSR count). The molecule has 0 N–H and O–H groups in total. The van der Waals surface area contributed by atoms with Gasteiger partial charge in [-0.15, -0.1) is 0 Å². The Balaban J connectivity index is 2.28. The predicted molar refractivity (Wildman–Crippen MR) is 82.7 cm³/mol. The molecular weight excluding hydrogens is 361 g/mol. The molecule has 1 unspecified atom stereocenters. The van der Waals surface area contributed by atoms with Crippen LogP contribution in [0.25, 0.3) is 0 Å². The molecule has 0 spiro atoms. The SMILES string of the molecule is CCCC(I)CCCOCc1ccc(C)c(F)c1F. The summed E-state index contributed by atoms with van der Waals surface area (Å²) < 4.78 is 33.0. The van der Waals surface area contributed by atoms with Gasteiger partial charge in [-0.2, -0.15) is 0 Å². The molecule has 0 aliphatic carbocycles. The van der Waals surface area contributed by atoms with E-state index in [0.29, 0.717) is 21.7 Å². The average Bonchev–Trinajstić information content (AvgIpc) is 2.38. The lowest BCUT2D eigenvalue weighted by molar-refractivity contribution is 0.114. The minimum absolute atomic E-state index is 0.142. The zero-order chi connectivity index (χ0) is 14.3. The number of rotatable bonds is 8. The van der Waals surface area contributed by atoms with Crippen LogP contribution in [0.15, 0.2) is 12.1 Å². The molecule has 1 aromatic rings. The predicted octanol–water partition coefficient (Wildman–Crippen LogP) is 5.17. The van der Waals surface area contributed by atoms with Gasteiger partial charge in [-0.1, -0.05) is 48.1 Å². The van der Waals surface area contributed by atoms with E-state index in [4.69, 9.17) is 4.74 Å². The minimum atomic E-state index is -0.780. The number of hydrogen-bond donors (Lipinski definition) is 0. The van der Waals surface area contributed by atoms with Gasteiger partial charge in [-0.25, -0.2) is 8.78 Å². The summed E-state index contributed by atoms with van der Waals surface area (Å²) in [5.74, 6) is -1.55. The highest BCUT2D eigenvalue weighted by Gasteiger charge is 2.10. The lowest BCUT2D eigenvalue weighted by Crippen LogP contribution is -2.03. The fourth-order valence-corrected chi connectivity index (χ4v) is 2.91. The van der Waals surface area contributed by atoms with Crippen molar-refractivity contribution in [3.8, 4) is 0 Å². The van der Waals surface area contributed by atoms with Crippen molar-refractivity contribution in [3.63, 3.8) is 0 Å². The van der Waals surface area contributed by atoms with Crippen molar-refractivity contribution in [1.29, 1.82) is 0 Å². The normalized spacial score (nSPS) is 12.7. The molecule has 1 atom stereocenters. The Hall–Kier alpha value is -0.230. The van der Waals surface area contributed by atoms with Gasteiger partial charge in [-0.3, -0.25) is 0 Å². The lowest BCUT2D eigenvalue weighted by Gasteiger charge is -2.09. The fraction of sp³-hybridized carbons (Fsp3) is 0.600. The molecule has 0 amide bonds. The number of halogens is 3. The lowest BCUT2D eigenvalue weighted by atomic mass is 10.1. The van der Waals surface area contributed by atoms with E-state index in [9.17, 15) is 8.78 Å². The monoisotopic (exact) mass is 382 g/mol. The Bertz CT molecular complexity index is 396. The van der Waals surface area contributed by atoms with Gasteiger partial charge < -0.3 is 4.74 Å². The van der Waals surface area contributed by atoms with Crippen LogP contribution < -0.4 is 0 Å². The zero-order valence-corrected chi connectivity index (χ0v) is 13.7. The van der Waals surface area contributed by atoms with Gasteiger partial charge in [0.05, 0.1) is 6.61 Å². The van der Waals surface area contributed by atoms with Crippen molar-refractivity contribution in [3.05, 3.63) is 34.9 Å². The molecule has 19 heavy (non-hydrogen) atoms. The van der Waals surface area contributed by atoms with E-state index in [1.807, 2.05) is 0 Å². The topological polar surface area (TPSA) is 9.23 Å². The summed E-state index contributed by atoms with van der Waals surface area (Å²) in [7, 11) is 0. The highest BCUT2D eigenvalue weighted by Crippen LogP contribution is 2.17. The van der Waals surface area contributed by atoms with Gasteiger partial charge in [0, 0.05) is 16.1 Å². The second-order valence-electron chi connectivity index (χ2n) is 4.75. The first-order chi connectivity index (χ1) is 9.06. The maximum absolute atomic E-state index is 13.5. The van der Waals surface area contributed by atoms with Crippen LogP contribution in [0.4, 0.5) is 8.78 Å². The molecule has 0 saturated heterocycles. The van der Waals surface area contributed by atoms with Crippen LogP contribution >= 0.6 is 22.6 Å². The summed E-state index contributed by atoms with van der Waals surface area (Å²) in [6.45, 7) is 4.47. The van der Waals surface area contributed by atoms with Crippen molar-refractivity contribution in [2.45, 2.75) is 50.1 Å². The van der Waals surface area contributed by atoms with Gasteiger partial charge in [-0.05, 0) is 31.7 Å². The van der Waals surface area contributed by atoms with Gasteiger partial charge in [0.1, 0.15) is 0 Å². The fourth-order valence-electron chi connectivity index (χ4n) is 1.84. The molecule has 108 valence electrons. The molecule has 0 aliphatic rings. The molecule has 4 heteroatoms. The maximum Gasteiger partial charge on any atom is 0.164 e. The molecule has 0 aliphatic heterocycles. The largest absolute Gasteiger partial charge is 0.377 e. The number of alkyl halides is 1. The van der Waals surface area contributed by atoms with Gasteiger partial charge in [0.15, 0.2) is 11.6 Å². The number of ether oxygens (including phenoxy) is 1. The van der Waals surface area contributed by atoms with E-state index >= 15 is 0 Å². The van der Waals surface area contributed by atoms with Gasteiger partial charge in [0.25, 0.3) is 0 Å². The number of aryl methyl sites for hydroxylation is 1. The van der Waals surface area contributed by atoms with Crippen molar-refractivity contribution < 1.29 is 13.5 Å². The van der Waals surface area contributed by atoms with Crippen LogP contribution in [0.5, 0.6) is 0 Å². The third kappa shape index (κ3) is 5.73. The first kappa shape index (κ1) is 16.8. The molecule has 0 aromatic heterocycles. The summed E-state index contributed by atoms with van der Waals surface area (Å²) in [5.41, 5.74) is 0.622. The quantitative estimate of drug-likeness (QED) is 0.342. The number of hydrogen-bond acceptors (Lipinski definition) is 1. The highest BCUT2D eigenvalue weighted by atomic mass is 127. The summed E-state index contributed by atoms with van der Waals surface area (Å²) in [4.78, 5) is 0. The van der Waals surface area contributed by atoms with Crippen molar-refractivity contribution in [1.82, 2.24) is 0 Å². The molecule has 0 heterocycles. The van der Waals surface area contributed by atoms with Crippen LogP contribution in [0.2, 0.25) is 0 Å².